The molecule has 2 heterocycles. The highest BCUT2D eigenvalue weighted by Crippen LogP contribution is 2.33. The Morgan fingerprint density at radius 2 is 1.34 bits per heavy atom. The summed E-state index contributed by atoms with van der Waals surface area (Å²) in [7, 11) is 1.59. The summed E-state index contributed by atoms with van der Waals surface area (Å²) in [6.45, 7) is 1.94. The molecule has 2 N–H and O–H groups in total. The van der Waals surface area contributed by atoms with Crippen LogP contribution in [0.25, 0.3) is 33.6 Å². The maximum Gasteiger partial charge on any atom is 0.123 e. The van der Waals surface area contributed by atoms with E-state index in [4.69, 9.17) is 4.74 Å². The third-order valence-corrected chi connectivity index (χ3v) is 4.77. The van der Waals surface area contributed by atoms with Gasteiger partial charge >= 0.3 is 0 Å². The Labute approximate surface area is 168 Å². The zero-order chi connectivity index (χ0) is 20.4. The molecule has 0 aliphatic rings. The molecule has 0 radical (unpaired) electrons. The summed E-state index contributed by atoms with van der Waals surface area (Å²) in [5.74, 6) is 1.07. The van der Waals surface area contributed by atoms with Crippen LogP contribution in [0.4, 0.5) is 0 Å². The molecule has 0 unspecified atom stereocenters. The summed E-state index contributed by atoms with van der Waals surface area (Å²) < 4.78 is 5.23. The molecule has 4 rings (SSSR count). The molecule has 0 fully saturated rings. The predicted molar refractivity (Wildman–Crippen MR) is 113 cm³/mol. The number of phenolic OH excluding ortho intramolecular Hbond substituents is 2. The smallest absolute Gasteiger partial charge is 0.123 e. The van der Waals surface area contributed by atoms with Gasteiger partial charge in [-0.1, -0.05) is 24.3 Å². The number of hydrogen-bond donors (Lipinski definition) is 2. The van der Waals surface area contributed by atoms with Gasteiger partial charge in [-0.05, 0) is 48.9 Å². The highest BCUT2D eigenvalue weighted by molar-refractivity contribution is 5.74. The van der Waals surface area contributed by atoms with Crippen molar-refractivity contribution in [2.45, 2.75) is 6.92 Å². The molecule has 0 bridgehead atoms. The van der Waals surface area contributed by atoms with Crippen LogP contribution >= 0.6 is 0 Å². The van der Waals surface area contributed by atoms with E-state index < -0.39 is 0 Å². The van der Waals surface area contributed by atoms with Crippen LogP contribution in [-0.2, 0) is 0 Å². The Kier molecular flexibility index (Phi) is 4.87. The number of methoxy groups -OCH3 is 1. The molecule has 0 aliphatic carbocycles. The number of ether oxygens (including phenoxy) is 1. The Balaban J connectivity index is 1.61. The van der Waals surface area contributed by atoms with Crippen LogP contribution in [0.1, 0.15) is 5.56 Å². The SMILES string of the molecule is COc1ccc(O)c(-c2ccc(-c3ccc(-c4ccc(C)cc4O)cn3)nc2)c1. The highest BCUT2D eigenvalue weighted by atomic mass is 16.5. The molecule has 0 spiro atoms. The maximum atomic E-state index is 10.2. The second-order valence-electron chi connectivity index (χ2n) is 6.77. The largest absolute Gasteiger partial charge is 0.507 e. The van der Waals surface area contributed by atoms with E-state index in [0.717, 1.165) is 33.6 Å². The van der Waals surface area contributed by atoms with Crippen molar-refractivity contribution in [2.75, 3.05) is 7.11 Å². The van der Waals surface area contributed by atoms with Crippen molar-refractivity contribution in [3.8, 4) is 50.9 Å². The summed E-state index contributed by atoms with van der Waals surface area (Å²) in [5.41, 5.74) is 5.46. The van der Waals surface area contributed by atoms with Gasteiger partial charge in [-0.15, -0.1) is 0 Å². The molecule has 0 saturated heterocycles. The average Bonchev–Trinajstić information content (AvgIpc) is 2.74. The van der Waals surface area contributed by atoms with Gasteiger partial charge in [0.1, 0.15) is 17.2 Å². The molecule has 0 atom stereocenters. The van der Waals surface area contributed by atoms with E-state index in [1.807, 2.05) is 43.3 Å². The molecular weight excluding hydrogens is 364 g/mol. The number of nitrogens with zero attached hydrogens (tertiary/aromatic N) is 2. The number of pyridine rings is 2. The summed E-state index contributed by atoms with van der Waals surface area (Å²) in [6, 6.07) is 18.2. The van der Waals surface area contributed by atoms with Gasteiger partial charge in [-0.3, -0.25) is 9.97 Å². The topological polar surface area (TPSA) is 75.5 Å². The number of aromatic nitrogens is 2. The van der Waals surface area contributed by atoms with Gasteiger partial charge in [-0.25, -0.2) is 0 Å². The van der Waals surface area contributed by atoms with E-state index in [1.165, 1.54) is 0 Å². The molecule has 29 heavy (non-hydrogen) atoms. The molecule has 0 amide bonds. The highest BCUT2D eigenvalue weighted by Gasteiger charge is 2.09. The van der Waals surface area contributed by atoms with Crippen molar-refractivity contribution < 1.29 is 14.9 Å². The molecule has 5 nitrogen and oxygen atoms in total. The van der Waals surface area contributed by atoms with Crippen LogP contribution in [0.3, 0.4) is 0 Å². The van der Waals surface area contributed by atoms with E-state index in [1.54, 1.807) is 43.8 Å². The van der Waals surface area contributed by atoms with Crippen LogP contribution < -0.4 is 4.74 Å². The summed E-state index contributed by atoms with van der Waals surface area (Å²) in [4.78, 5) is 8.98. The number of aromatic hydroxyl groups is 2. The Bertz CT molecular complexity index is 1150. The van der Waals surface area contributed by atoms with Crippen molar-refractivity contribution in [2.24, 2.45) is 0 Å². The summed E-state index contributed by atoms with van der Waals surface area (Å²) >= 11 is 0. The van der Waals surface area contributed by atoms with Crippen molar-refractivity contribution in [1.29, 1.82) is 0 Å². The van der Waals surface area contributed by atoms with Gasteiger partial charge in [0.15, 0.2) is 0 Å². The van der Waals surface area contributed by atoms with Gasteiger partial charge in [0.2, 0.25) is 0 Å². The predicted octanol–water partition coefficient (Wildman–Crippen LogP) is 5.21. The molecule has 0 aliphatic heterocycles. The van der Waals surface area contributed by atoms with Crippen molar-refractivity contribution >= 4 is 0 Å². The lowest BCUT2D eigenvalue weighted by molar-refractivity contribution is 0.412. The Morgan fingerprint density at radius 1 is 0.690 bits per heavy atom. The average molecular weight is 384 g/mol. The molecule has 2 aromatic carbocycles. The van der Waals surface area contributed by atoms with Gasteiger partial charge < -0.3 is 14.9 Å². The normalized spacial score (nSPS) is 10.7. The fraction of sp³-hybridized carbons (Fsp3) is 0.0833. The van der Waals surface area contributed by atoms with E-state index in [0.29, 0.717) is 11.3 Å². The first kappa shape index (κ1) is 18.5. The van der Waals surface area contributed by atoms with Crippen molar-refractivity contribution in [1.82, 2.24) is 9.97 Å². The van der Waals surface area contributed by atoms with Crippen LogP contribution in [0.15, 0.2) is 73.1 Å². The lowest BCUT2D eigenvalue weighted by Gasteiger charge is -2.09. The van der Waals surface area contributed by atoms with Crippen molar-refractivity contribution in [3.63, 3.8) is 0 Å². The minimum atomic E-state index is 0.167. The van der Waals surface area contributed by atoms with E-state index >= 15 is 0 Å². The lowest BCUT2D eigenvalue weighted by Crippen LogP contribution is -1.90. The quantitative estimate of drug-likeness (QED) is 0.505. The standard InChI is InChI=1S/C24H20N2O3/c1-15-3-7-19(24(28)11-15)16-4-8-21(25-13-16)22-9-5-17(14-26-22)20-12-18(29-2)6-10-23(20)27/h3-14,27-28H,1-2H3. The zero-order valence-corrected chi connectivity index (χ0v) is 16.1. The zero-order valence-electron chi connectivity index (χ0n) is 16.1. The number of benzene rings is 2. The second kappa shape index (κ2) is 7.64. The molecular formula is C24H20N2O3. The minimum Gasteiger partial charge on any atom is -0.507 e. The molecule has 5 heteroatoms. The first-order valence-electron chi connectivity index (χ1n) is 9.15. The molecule has 144 valence electrons. The molecule has 0 saturated carbocycles. The fourth-order valence-corrected chi connectivity index (χ4v) is 3.17. The second-order valence-corrected chi connectivity index (χ2v) is 6.77. The third kappa shape index (κ3) is 3.75. The third-order valence-electron chi connectivity index (χ3n) is 4.77. The fourth-order valence-electron chi connectivity index (χ4n) is 3.17. The van der Waals surface area contributed by atoms with Gasteiger partial charge in [-0.2, -0.15) is 0 Å². The number of hydrogen-bond acceptors (Lipinski definition) is 5. The van der Waals surface area contributed by atoms with Gasteiger partial charge in [0.25, 0.3) is 0 Å². The van der Waals surface area contributed by atoms with E-state index in [-0.39, 0.29) is 11.5 Å². The van der Waals surface area contributed by atoms with E-state index in [2.05, 4.69) is 9.97 Å². The molecule has 4 aromatic rings. The number of phenols is 2. The molecule has 2 aromatic heterocycles. The summed E-state index contributed by atoms with van der Waals surface area (Å²) in [5, 5.41) is 20.3. The Hall–Kier alpha value is -3.86. The van der Waals surface area contributed by atoms with Gasteiger partial charge in [0, 0.05) is 34.6 Å². The van der Waals surface area contributed by atoms with Crippen LogP contribution in [0, 0.1) is 6.92 Å². The van der Waals surface area contributed by atoms with Gasteiger partial charge in [0.05, 0.1) is 18.5 Å². The first-order chi connectivity index (χ1) is 14.0. The van der Waals surface area contributed by atoms with Crippen molar-refractivity contribution in [3.05, 3.63) is 78.6 Å². The lowest BCUT2D eigenvalue weighted by atomic mass is 10.0. The Morgan fingerprint density at radius 3 is 1.90 bits per heavy atom. The van der Waals surface area contributed by atoms with E-state index in [9.17, 15) is 10.2 Å². The van der Waals surface area contributed by atoms with Crippen LogP contribution in [0.5, 0.6) is 17.2 Å². The maximum absolute atomic E-state index is 10.2. The monoisotopic (exact) mass is 384 g/mol. The van der Waals surface area contributed by atoms with Crippen LogP contribution in [0.2, 0.25) is 0 Å². The minimum absolute atomic E-state index is 0.167. The number of rotatable bonds is 4. The first-order valence-corrected chi connectivity index (χ1v) is 9.15. The summed E-state index contributed by atoms with van der Waals surface area (Å²) in [6.07, 6.45) is 3.43. The van der Waals surface area contributed by atoms with Crippen LogP contribution in [-0.4, -0.2) is 27.3 Å². The number of aryl methyl sites for hydroxylation is 1.